The minimum atomic E-state index is 0.688. The molecule has 1 aliphatic rings. The first kappa shape index (κ1) is 15.9. The summed E-state index contributed by atoms with van der Waals surface area (Å²) in [5.41, 5.74) is 6.48. The molecule has 118 valence electrons. The van der Waals surface area contributed by atoms with Crippen LogP contribution in [0.1, 0.15) is 13.3 Å². The smallest absolute Gasteiger partial charge is 0.163 e. The Balaban J connectivity index is 1.69. The van der Waals surface area contributed by atoms with Gasteiger partial charge in [-0.05, 0) is 25.1 Å². The van der Waals surface area contributed by atoms with Gasteiger partial charge < -0.3 is 25.0 Å². The lowest BCUT2D eigenvalue weighted by Gasteiger charge is -2.33. The van der Waals surface area contributed by atoms with Crippen LogP contribution in [0, 0.1) is 0 Å². The molecule has 0 amide bonds. The predicted octanol–water partition coefficient (Wildman–Crippen LogP) is 1.68. The summed E-state index contributed by atoms with van der Waals surface area (Å²) >= 11 is 0. The molecule has 1 aliphatic heterocycles. The normalized spacial score (nSPS) is 16.9. The summed E-state index contributed by atoms with van der Waals surface area (Å²) in [4.78, 5) is 5.00. The molecule has 0 spiro atoms. The highest BCUT2D eigenvalue weighted by Gasteiger charge is 2.14. The van der Waals surface area contributed by atoms with Crippen LogP contribution in [-0.4, -0.2) is 62.8 Å². The first-order chi connectivity index (χ1) is 10.2. The summed E-state index contributed by atoms with van der Waals surface area (Å²) in [5.74, 6) is 1.47. The Morgan fingerprint density at radius 2 is 1.81 bits per heavy atom. The van der Waals surface area contributed by atoms with Crippen LogP contribution >= 0.6 is 0 Å². The molecule has 0 unspecified atom stereocenters. The molecule has 1 aromatic rings. The molecule has 0 saturated carbocycles. The van der Waals surface area contributed by atoms with Crippen molar-refractivity contribution in [1.82, 2.24) is 9.80 Å². The minimum Gasteiger partial charge on any atom is -0.493 e. The molecule has 1 fully saturated rings. The van der Waals surface area contributed by atoms with E-state index in [2.05, 4.69) is 16.7 Å². The Morgan fingerprint density at radius 3 is 2.48 bits per heavy atom. The maximum Gasteiger partial charge on any atom is 0.163 e. The van der Waals surface area contributed by atoms with E-state index < -0.39 is 0 Å². The fourth-order valence-electron chi connectivity index (χ4n) is 2.61. The van der Waals surface area contributed by atoms with Gasteiger partial charge in [0.15, 0.2) is 11.5 Å². The van der Waals surface area contributed by atoms with Crippen LogP contribution in [-0.2, 0) is 0 Å². The van der Waals surface area contributed by atoms with E-state index in [1.807, 2.05) is 18.2 Å². The molecular weight excluding hydrogens is 266 g/mol. The predicted molar refractivity (Wildman–Crippen MR) is 86.1 cm³/mol. The van der Waals surface area contributed by atoms with Crippen LogP contribution in [0.5, 0.6) is 11.5 Å². The van der Waals surface area contributed by atoms with Gasteiger partial charge in [0.25, 0.3) is 0 Å². The van der Waals surface area contributed by atoms with Gasteiger partial charge in [-0.25, -0.2) is 0 Å². The van der Waals surface area contributed by atoms with Crippen molar-refractivity contribution in [3.63, 3.8) is 0 Å². The fourth-order valence-corrected chi connectivity index (χ4v) is 2.61. The standard InChI is InChI=1S/C16H27N3O2/c1-3-18-8-10-19(11-9-18)7-4-12-21-16-13-14(17)5-6-15(16)20-2/h5-6,13H,3-4,7-12,17H2,1-2H3. The molecule has 1 heterocycles. The van der Waals surface area contributed by atoms with E-state index >= 15 is 0 Å². The molecule has 0 atom stereocenters. The molecule has 1 aromatic carbocycles. The maximum atomic E-state index is 5.80. The van der Waals surface area contributed by atoms with Crippen LogP contribution in [0.2, 0.25) is 0 Å². The Hall–Kier alpha value is -1.46. The molecule has 5 heteroatoms. The van der Waals surface area contributed by atoms with Crippen LogP contribution in [0.25, 0.3) is 0 Å². The second-order valence-corrected chi connectivity index (χ2v) is 5.39. The summed E-state index contributed by atoms with van der Waals surface area (Å²) < 4.78 is 11.1. The number of rotatable bonds is 7. The average molecular weight is 293 g/mol. The van der Waals surface area contributed by atoms with Gasteiger partial charge in [-0.2, -0.15) is 0 Å². The zero-order chi connectivity index (χ0) is 15.1. The Labute approximate surface area is 127 Å². The van der Waals surface area contributed by atoms with Gasteiger partial charge in [0.2, 0.25) is 0 Å². The largest absolute Gasteiger partial charge is 0.493 e. The molecular formula is C16H27N3O2. The first-order valence-electron chi connectivity index (χ1n) is 7.74. The van der Waals surface area contributed by atoms with Crippen molar-refractivity contribution in [3.05, 3.63) is 18.2 Å². The number of nitrogens with two attached hydrogens (primary N) is 1. The second kappa shape index (κ2) is 8.10. The molecule has 0 radical (unpaired) electrons. The minimum absolute atomic E-state index is 0.688. The number of piperazine rings is 1. The number of anilines is 1. The number of hydrogen-bond donors (Lipinski definition) is 1. The molecule has 1 saturated heterocycles. The quantitative estimate of drug-likeness (QED) is 0.612. The van der Waals surface area contributed by atoms with Gasteiger partial charge in [-0.15, -0.1) is 0 Å². The third-order valence-corrected chi connectivity index (χ3v) is 3.98. The van der Waals surface area contributed by atoms with Crippen molar-refractivity contribution in [2.45, 2.75) is 13.3 Å². The third-order valence-electron chi connectivity index (χ3n) is 3.98. The van der Waals surface area contributed by atoms with E-state index in [1.165, 1.54) is 13.1 Å². The summed E-state index contributed by atoms with van der Waals surface area (Å²) in [5, 5.41) is 0. The van der Waals surface area contributed by atoms with Crippen LogP contribution in [0.4, 0.5) is 5.69 Å². The molecule has 21 heavy (non-hydrogen) atoms. The number of ether oxygens (including phenoxy) is 2. The van der Waals surface area contributed by atoms with Crippen LogP contribution < -0.4 is 15.2 Å². The molecule has 0 bridgehead atoms. The van der Waals surface area contributed by atoms with E-state index in [0.29, 0.717) is 12.3 Å². The number of methoxy groups -OCH3 is 1. The van der Waals surface area contributed by atoms with Crippen LogP contribution in [0.3, 0.4) is 0 Å². The van der Waals surface area contributed by atoms with Crippen molar-refractivity contribution in [3.8, 4) is 11.5 Å². The zero-order valence-electron chi connectivity index (χ0n) is 13.2. The Morgan fingerprint density at radius 1 is 1.10 bits per heavy atom. The second-order valence-electron chi connectivity index (χ2n) is 5.39. The maximum absolute atomic E-state index is 5.80. The molecule has 2 N–H and O–H groups in total. The fraction of sp³-hybridized carbons (Fsp3) is 0.625. The van der Waals surface area contributed by atoms with E-state index in [0.717, 1.165) is 44.1 Å². The highest BCUT2D eigenvalue weighted by atomic mass is 16.5. The van der Waals surface area contributed by atoms with Gasteiger partial charge >= 0.3 is 0 Å². The lowest BCUT2D eigenvalue weighted by molar-refractivity contribution is 0.130. The third kappa shape index (κ3) is 4.79. The Kier molecular flexibility index (Phi) is 6.14. The van der Waals surface area contributed by atoms with E-state index in [9.17, 15) is 0 Å². The van der Waals surface area contributed by atoms with Gasteiger partial charge in [0.1, 0.15) is 0 Å². The van der Waals surface area contributed by atoms with Crippen molar-refractivity contribution in [2.24, 2.45) is 0 Å². The molecule has 0 aromatic heterocycles. The summed E-state index contributed by atoms with van der Waals surface area (Å²) in [6.07, 6.45) is 1.02. The van der Waals surface area contributed by atoms with Gasteiger partial charge in [0.05, 0.1) is 13.7 Å². The average Bonchev–Trinajstić information content (AvgIpc) is 2.52. The number of nitrogen functional groups attached to an aromatic ring is 1. The highest BCUT2D eigenvalue weighted by molar-refractivity contribution is 5.51. The van der Waals surface area contributed by atoms with Crippen molar-refractivity contribution < 1.29 is 9.47 Å². The van der Waals surface area contributed by atoms with E-state index in [1.54, 1.807) is 7.11 Å². The SMILES string of the molecule is CCN1CCN(CCCOc2cc(N)ccc2OC)CC1. The molecule has 5 nitrogen and oxygen atoms in total. The van der Waals surface area contributed by atoms with Gasteiger partial charge in [-0.3, -0.25) is 0 Å². The van der Waals surface area contributed by atoms with Gasteiger partial charge in [0, 0.05) is 44.5 Å². The van der Waals surface area contributed by atoms with Crippen LogP contribution in [0.15, 0.2) is 18.2 Å². The highest BCUT2D eigenvalue weighted by Crippen LogP contribution is 2.29. The lowest BCUT2D eigenvalue weighted by Crippen LogP contribution is -2.46. The number of hydrogen-bond acceptors (Lipinski definition) is 5. The van der Waals surface area contributed by atoms with Crippen molar-refractivity contribution in [1.29, 1.82) is 0 Å². The summed E-state index contributed by atoms with van der Waals surface area (Å²) in [7, 11) is 1.64. The molecule has 0 aliphatic carbocycles. The summed E-state index contributed by atoms with van der Waals surface area (Å²) in [6, 6.07) is 5.48. The summed E-state index contributed by atoms with van der Waals surface area (Å²) in [6.45, 7) is 9.84. The molecule has 2 rings (SSSR count). The van der Waals surface area contributed by atoms with Crippen molar-refractivity contribution in [2.75, 3.05) is 58.7 Å². The monoisotopic (exact) mass is 293 g/mol. The lowest BCUT2D eigenvalue weighted by atomic mass is 10.2. The zero-order valence-corrected chi connectivity index (χ0v) is 13.2. The van der Waals surface area contributed by atoms with Gasteiger partial charge in [-0.1, -0.05) is 6.92 Å². The van der Waals surface area contributed by atoms with Crippen molar-refractivity contribution >= 4 is 5.69 Å². The van der Waals surface area contributed by atoms with E-state index in [4.69, 9.17) is 15.2 Å². The topological polar surface area (TPSA) is 51.0 Å². The first-order valence-corrected chi connectivity index (χ1v) is 7.74. The van der Waals surface area contributed by atoms with E-state index in [-0.39, 0.29) is 0 Å². The number of benzene rings is 1. The number of nitrogens with zero attached hydrogens (tertiary/aromatic N) is 2. The Bertz CT molecular complexity index is 432. The number of likely N-dealkylation sites (N-methyl/N-ethyl adjacent to an activating group) is 1.